The Labute approximate surface area is 341 Å². The average Bonchev–Trinajstić information content (AvgIpc) is 4.07. The molecule has 296 valence electrons. The normalized spacial score (nSPS) is 24.2. The van der Waals surface area contributed by atoms with E-state index in [0.717, 1.165) is 67.8 Å². The summed E-state index contributed by atoms with van der Waals surface area (Å²) < 4.78 is 38.4. The lowest BCUT2D eigenvalue weighted by molar-refractivity contribution is 0.391. The van der Waals surface area contributed by atoms with E-state index in [4.69, 9.17) is 8.37 Å². The molecule has 6 heterocycles. The van der Waals surface area contributed by atoms with E-state index in [2.05, 4.69) is 96.2 Å². The summed E-state index contributed by atoms with van der Waals surface area (Å²) in [5.74, 6) is 0.479. The Hall–Kier alpha value is -6.85. The molecule has 0 saturated heterocycles. The fourth-order valence-corrected chi connectivity index (χ4v) is 10.1. The van der Waals surface area contributed by atoms with E-state index < -0.39 is 32.1 Å². The highest BCUT2D eigenvalue weighted by molar-refractivity contribution is 7.82. The number of aromatic hydroxyl groups is 2. The minimum atomic E-state index is -4.56. The summed E-state index contributed by atoms with van der Waals surface area (Å²) in [4.78, 5) is 15.4. The van der Waals surface area contributed by atoms with Crippen molar-refractivity contribution in [3.8, 4) is 23.0 Å². The number of rotatable bonds is 2. The SMILES string of the molecule is C[C@]1(c2cccc(O)c2)c2ccc([nH]2)[C@@](C)(c2cccc(O)c2)c2ccc([nH]2)[C@@]2(C)c3cccc(c3)OS(=O)(=O)Oc3cccc(c3)[C@@](C)(c3ccc1[nH]3)c1ccc2[nH]1. The summed E-state index contributed by atoms with van der Waals surface area (Å²) in [6.45, 7) is 8.44. The Bertz CT molecular complexity index is 2860. The molecule has 10 nitrogen and oxygen atoms in total. The van der Waals surface area contributed by atoms with Crippen molar-refractivity contribution in [2.45, 2.75) is 49.4 Å². The second-order valence-electron chi connectivity index (χ2n) is 16.4. The van der Waals surface area contributed by atoms with E-state index in [0.29, 0.717) is 0 Å². The zero-order valence-corrected chi connectivity index (χ0v) is 33.6. The Morgan fingerprint density at radius 1 is 0.390 bits per heavy atom. The van der Waals surface area contributed by atoms with Crippen LogP contribution in [0.4, 0.5) is 0 Å². The maximum Gasteiger partial charge on any atom is 0.500 e. The van der Waals surface area contributed by atoms with Crippen molar-refractivity contribution in [2.75, 3.05) is 0 Å². The van der Waals surface area contributed by atoms with Crippen molar-refractivity contribution in [2.24, 2.45) is 0 Å². The Morgan fingerprint density at radius 2 is 0.644 bits per heavy atom. The van der Waals surface area contributed by atoms with Crippen LogP contribution in [0.3, 0.4) is 0 Å². The molecule has 11 heteroatoms. The van der Waals surface area contributed by atoms with Crippen LogP contribution in [0.5, 0.6) is 23.0 Å². The number of aromatic nitrogens is 4. The standard InChI is InChI=1S/C48H42N4O6S/c1-45(29-9-5-13-33(53)25-29)37-17-18-38(49-37)46(2,30-10-6-14-34(54)26-30)40-20-22-42(51-40)48(4)32-12-8-16-36(28-32)58-59(55,56)57-35-15-7-11-31(27-35)47(3,41-21-19-39(45)50-41)43-23-24-44(48)52-43/h5-28,49-54H,1-4H3/t45-,46+,47-,48+. The summed E-state index contributed by atoms with van der Waals surface area (Å²) >= 11 is 0. The Kier molecular flexibility index (Phi) is 7.78. The number of hydrogen-bond donors (Lipinski definition) is 6. The second-order valence-corrected chi connectivity index (χ2v) is 17.5. The molecule has 8 aromatic rings. The highest BCUT2D eigenvalue weighted by Gasteiger charge is 2.44. The average molecular weight is 803 g/mol. The lowest BCUT2D eigenvalue weighted by Crippen LogP contribution is -2.32. The molecule has 59 heavy (non-hydrogen) atoms. The van der Waals surface area contributed by atoms with Gasteiger partial charge < -0.3 is 38.5 Å². The van der Waals surface area contributed by atoms with Crippen LogP contribution in [0.1, 0.15) is 95.5 Å². The van der Waals surface area contributed by atoms with Crippen molar-refractivity contribution in [1.29, 1.82) is 0 Å². The van der Waals surface area contributed by atoms with Gasteiger partial charge >= 0.3 is 10.4 Å². The fraction of sp³-hybridized carbons (Fsp3) is 0.167. The predicted molar refractivity (Wildman–Crippen MR) is 225 cm³/mol. The van der Waals surface area contributed by atoms with Gasteiger partial charge in [0.15, 0.2) is 0 Å². The van der Waals surface area contributed by atoms with Crippen LogP contribution < -0.4 is 8.37 Å². The molecule has 2 aliphatic heterocycles. The molecule has 0 saturated carbocycles. The van der Waals surface area contributed by atoms with Gasteiger partial charge in [-0.25, -0.2) is 0 Å². The van der Waals surface area contributed by atoms with Crippen LogP contribution in [-0.2, 0) is 32.1 Å². The highest BCUT2D eigenvalue weighted by atomic mass is 32.3. The zero-order valence-electron chi connectivity index (χ0n) is 32.8. The Balaban J connectivity index is 1.34. The van der Waals surface area contributed by atoms with Crippen LogP contribution in [0, 0.1) is 0 Å². The molecule has 0 fully saturated rings. The number of nitrogens with one attached hydrogen (secondary N) is 4. The van der Waals surface area contributed by atoms with E-state index in [9.17, 15) is 18.6 Å². The minimum absolute atomic E-state index is 0.102. The van der Waals surface area contributed by atoms with E-state index in [1.54, 1.807) is 60.7 Å². The molecule has 14 bridgehead atoms. The summed E-state index contributed by atoms with van der Waals surface area (Å²) in [5, 5.41) is 21.7. The largest absolute Gasteiger partial charge is 0.508 e. The van der Waals surface area contributed by atoms with Gasteiger partial charge in [0.05, 0.1) is 21.7 Å². The molecule has 2 aliphatic rings. The monoisotopic (exact) mass is 802 g/mol. The van der Waals surface area contributed by atoms with Gasteiger partial charge in [-0.1, -0.05) is 48.5 Å². The number of aromatic amines is 4. The third-order valence-corrected chi connectivity index (χ3v) is 13.9. The fourth-order valence-electron chi connectivity index (χ4n) is 9.34. The van der Waals surface area contributed by atoms with Crippen LogP contribution >= 0.6 is 0 Å². The van der Waals surface area contributed by atoms with Crippen molar-refractivity contribution in [3.63, 3.8) is 0 Å². The number of hydrogen-bond acceptors (Lipinski definition) is 6. The predicted octanol–water partition coefficient (Wildman–Crippen LogP) is 9.16. The van der Waals surface area contributed by atoms with Gasteiger partial charge in [0.2, 0.25) is 0 Å². The molecule has 0 spiro atoms. The van der Waals surface area contributed by atoms with E-state index in [1.165, 1.54) is 0 Å². The van der Waals surface area contributed by atoms with Crippen molar-refractivity contribution >= 4 is 10.4 Å². The molecule has 4 aromatic carbocycles. The Morgan fingerprint density at radius 3 is 0.915 bits per heavy atom. The number of phenolic OH excluding ortho intramolecular Hbond substituents is 2. The molecule has 10 rings (SSSR count). The number of H-pyrrole nitrogens is 4. The minimum Gasteiger partial charge on any atom is -0.508 e. The smallest absolute Gasteiger partial charge is 0.500 e. The van der Waals surface area contributed by atoms with Gasteiger partial charge in [-0.3, -0.25) is 0 Å². The summed E-state index contributed by atoms with van der Waals surface area (Å²) in [7, 11) is -4.56. The van der Waals surface area contributed by atoms with Crippen molar-refractivity contribution in [1.82, 2.24) is 19.9 Å². The van der Waals surface area contributed by atoms with Crippen molar-refractivity contribution in [3.05, 3.63) is 213 Å². The first-order chi connectivity index (χ1) is 28.2. The van der Waals surface area contributed by atoms with E-state index >= 15 is 0 Å². The van der Waals surface area contributed by atoms with E-state index in [-0.39, 0.29) is 23.0 Å². The molecule has 0 amide bonds. The van der Waals surface area contributed by atoms with Gasteiger partial charge in [0.1, 0.15) is 23.0 Å². The number of phenols is 2. The van der Waals surface area contributed by atoms with Gasteiger partial charge in [-0.15, -0.1) is 8.42 Å². The number of fused-ring (bicyclic) bond motifs is 14. The van der Waals surface area contributed by atoms with Gasteiger partial charge in [0.25, 0.3) is 0 Å². The summed E-state index contributed by atoms with van der Waals surface area (Å²) in [6, 6.07) is 45.3. The van der Waals surface area contributed by atoms with Crippen LogP contribution in [0.15, 0.2) is 146 Å². The lowest BCUT2D eigenvalue weighted by Gasteiger charge is -2.34. The summed E-state index contributed by atoms with van der Waals surface area (Å²) in [5.41, 5.74) is 6.43. The second kappa shape index (κ2) is 12.6. The van der Waals surface area contributed by atoms with Crippen LogP contribution in [-0.4, -0.2) is 38.6 Å². The van der Waals surface area contributed by atoms with Crippen LogP contribution in [0.25, 0.3) is 0 Å². The lowest BCUT2D eigenvalue weighted by atomic mass is 9.76. The molecule has 4 aromatic heterocycles. The van der Waals surface area contributed by atoms with Gasteiger partial charge in [0, 0.05) is 45.6 Å². The summed E-state index contributed by atoms with van der Waals surface area (Å²) in [6.07, 6.45) is 0. The number of benzene rings is 4. The quantitative estimate of drug-likeness (QED) is 0.102. The third-order valence-electron chi connectivity index (χ3n) is 13.1. The topological polar surface area (TPSA) is 156 Å². The maximum absolute atomic E-state index is 13.6. The molecular formula is C48H42N4O6S. The van der Waals surface area contributed by atoms with Gasteiger partial charge in [-0.2, -0.15) is 0 Å². The zero-order chi connectivity index (χ0) is 41.0. The highest BCUT2D eigenvalue weighted by Crippen LogP contribution is 2.49. The maximum atomic E-state index is 13.6. The van der Waals surface area contributed by atoms with Crippen LogP contribution in [0.2, 0.25) is 0 Å². The molecular weight excluding hydrogens is 761 g/mol. The third kappa shape index (κ3) is 5.41. The first kappa shape index (κ1) is 36.5. The van der Waals surface area contributed by atoms with Gasteiger partial charge in [-0.05, 0) is 147 Å². The first-order valence-electron chi connectivity index (χ1n) is 19.5. The molecule has 0 unspecified atom stereocenters. The van der Waals surface area contributed by atoms with E-state index in [1.807, 2.05) is 36.4 Å². The molecule has 0 aliphatic carbocycles. The first-order valence-corrected chi connectivity index (χ1v) is 20.8. The molecule has 6 N–H and O–H groups in total. The molecule has 4 atom stereocenters. The van der Waals surface area contributed by atoms with Crippen molar-refractivity contribution < 1.29 is 27.0 Å². The molecule has 0 radical (unpaired) electrons.